The quantitative estimate of drug-likeness (QED) is 0.746. The first-order valence-electron chi connectivity index (χ1n) is 9.98. The molecule has 28 heavy (non-hydrogen) atoms. The zero-order valence-electron chi connectivity index (χ0n) is 16.7. The molecule has 0 unspecified atom stereocenters. The van der Waals surface area contributed by atoms with Crippen LogP contribution in [0.3, 0.4) is 0 Å². The number of hydrogen-bond donors (Lipinski definition) is 0. The van der Waals surface area contributed by atoms with Crippen LogP contribution in [0.25, 0.3) is 0 Å². The van der Waals surface area contributed by atoms with Gasteiger partial charge in [-0.05, 0) is 37.8 Å². The lowest BCUT2D eigenvalue weighted by molar-refractivity contribution is -0.136. The molecule has 0 bridgehead atoms. The third-order valence-electron chi connectivity index (χ3n) is 5.71. The molecule has 0 aromatic heterocycles. The first-order valence-corrected chi connectivity index (χ1v) is 11.4. The lowest BCUT2D eigenvalue weighted by atomic mass is 9.96. The van der Waals surface area contributed by atoms with Crippen LogP contribution in [0, 0.1) is 5.92 Å². The molecule has 2 saturated heterocycles. The van der Waals surface area contributed by atoms with Crippen molar-refractivity contribution in [3.05, 3.63) is 18.2 Å². The van der Waals surface area contributed by atoms with Gasteiger partial charge in [0.15, 0.2) is 11.5 Å². The third-order valence-corrected chi connectivity index (χ3v) is 7.61. The summed E-state index contributed by atoms with van der Waals surface area (Å²) in [5, 5.41) is 0. The number of rotatable bonds is 5. The van der Waals surface area contributed by atoms with Gasteiger partial charge in [0.25, 0.3) is 0 Å². The Morgan fingerprint density at radius 1 is 0.929 bits per heavy atom. The van der Waals surface area contributed by atoms with Crippen LogP contribution >= 0.6 is 0 Å². The van der Waals surface area contributed by atoms with Gasteiger partial charge in [0.2, 0.25) is 15.9 Å². The number of carbonyl (C=O) groups excluding carboxylic acids is 1. The molecule has 3 rings (SSSR count). The van der Waals surface area contributed by atoms with E-state index < -0.39 is 10.0 Å². The number of methoxy groups -OCH3 is 2. The van der Waals surface area contributed by atoms with Crippen molar-refractivity contribution in [1.82, 2.24) is 9.21 Å². The van der Waals surface area contributed by atoms with Gasteiger partial charge in [-0.25, -0.2) is 8.42 Å². The number of benzene rings is 1. The number of ether oxygens (including phenoxy) is 2. The lowest BCUT2D eigenvalue weighted by Gasteiger charge is -2.33. The van der Waals surface area contributed by atoms with Crippen molar-refractivity contribution in [2.75, 3.05) is 40.4 Å². The van der Waals surface area contributed by atoms with E-state index in [9.17, 15) is 13.2 Å². The van der Waals surface area contributed by atoms with Gasteiger partial charge in [-0.2, -0.15) is 4.31 Å². The minimum absolute atomic E-state index is 0.0741. The van der Waals surface area contributed by atoms with Crippen molar-refractivity contribution in [2.24, 2.45) is 5.92 Å². The summed E-state index contributed by atoms with van der Waals surface area (Å²) < 4.78 is 37.9. The van der Waals surface area contributed by atoms with Crippen molar-refractivity contribution in [1.29, 1.82) is 0 Å². The summed E-state index contributed by atoms with van der Waals surface area (Å²) in [7, 11) is -0.634. The second-order valence-corrected chi connectivity index (χ2v) is 9.37. The first kappa shape index (κ1) is 20.9. The van der Waals surface area contributed by atoms with Crippen molar-refractivity contribution in [2.45, 2.75) is 43.4 Å². The fraction of sp³-hybridized carbons (Fsp3) is 0.650. The summed E-state index contributed by atoms with van der Waals surface area (Å²) in [6.45, 7) is 2.40. The first-order chi connectivity index (χ1) is 13.5. The highest BCUT2D eigenvalue weighted by Gasteiger charge is 2.34. The van der Waals surface area contributed by atoms with Gasteiger partial charge in [0.05, 0.1) is 19.1 Å². The second-order valence-electron chi connectivity index (χ2n) is 7.43. The molecule has 8 heteroatoms. The summed E-state index contributed by atoms with van der Waals surface area (Å²) in [4.78, 5) is 15.0. The Kier molecular flexibility index (Phi) is 6.82. The predicted molar refractivity (Wildman–Crippen MR) is 106 cm³/mol. The minimum Gasteiger partial charge on any atom is -0.493 e. The predicted octanol–water partition coefficient (Wildman–Crippen LogP) is 2.51. The van der Waals surface area contributed by atoms with Gasteiger partial charge >= 0.3 is 0 Å². The number of nitrogens with zero attached hydrogens (tertiary/aromatic N) is 2. The molecule has 1 aromatic carbocycles. The summed E-state index contributed by atoms with van der Waals surface area (Å²) >= 11 is 0. The Bertz CT molecular complexity index is 780. The SMILES string of the molecule is COc1ccc(S(=O)(=O)N2CCC(C(=O)N3CCCCCC3)CC2)cc1OC. The van der Waals surface area contributed by atoms with E-state index >= 15 is 0 Å². The van der Waals surface area contributed by atoms with E-state index in [0.29, 0.717) is 37.4 Å². The molecule has 7 nitrogen and oxygen atoms in total. The van der Waals surface area contributed by atoms with Crippen molar-refractivity contribution in [3.63, 3.8) is 0 Å². The molecule has 0 radical (unpaired) electrons. The minimum atomic E-state index is -3.63. The average molecular weight is 411 g/mol. The summed E-state index contributed by atoms with van der Waals surface area (Å²) in [5.41, 5.74) is 0. The monoisotopic (exact) mass is 410 g/mol. The van der Waals surface area contributed by atoms with Crippen LogP contribution in [0.15, 0.2) is 23.1 Å². The van der Waals surface area contributed by atoms with Crippen molar-refractivity contribution < 1.29 is 22.7 Å². The number of hydrogen-bond acceptors (Lipinski definition) is 5. The fourth-order valence-electron chi connectivity index (χ4n) is 4.02. The van der Waals surface area contributed by atoms with Gasteiger partial charge in [0.1, 0.15) is 0 Å². The van der Waals surface area contributed by atoms with Crippen LogP contribution in [0.2, 0.25) is 0 Å². The highest BCUT2D eigenvalue weighted by molar-refractivity contribution is 7.89. The number of carbonyl (C=O) groups is 1. The van der Waals surface area contributed by atoms with E-state index in [0.717, 1.165) is 25.9 Å². The molecule has 2 aliphatic heterocycles. The molecule has 0 saturated carbocycles. The van der Waals surface area contributed by atoms with Gasteiger partial charge in [-0.1, -0.05) is 12.8 Å². The highest BCUT2D eigenvalue weighted by atomic mass is 32.2. The molecule has 0 spiro atoms. The van der Waals surface area contributed by atoms with E-state index in [4.69, 9.17) is 9.47 Å². The van der Waals surface area contributed by atoms with Crippen LogP contribution < -0.4 is 9.47 Å². The van der Waals surface area contributed by atoms with Crippen LogP contribution in [0.5, 0.6) is 11.5 Å². The second kappa shape index (κ2) is 9.13. The summed E-state index contributed by atoms with van der Waals surface area (Å²) in [6, 6.07) is 4.62. The Morgan fingerprint density at radius 2 is 1.54 bits per heavy atom. The molecule has 0 N–H and O–H groups in total. The van der Waals surface area contributed by atoms with Crippen LogP contribution in [-0.2, 0) is 14.8 Å². The molecular weight excluding hydrogens is 380 g/mol. The summed E-state index contributed by atoms with van der Waals surface area (Å²) in [6.07, 6.45) is 5.65. The van der Waals surface area contributed by atoms with E-state index in [-0.39, 0.29) is 16.7 Å². The van der Waals surface area contributed by atoms with Crippen molar-refractivity contribution in [3.8, 4) is 11.5 Å². The maximum atomic E-state index is 13.0. The summed E-state index contributed by atoms with van der Waals surface area (Å²) in [5.74, 6) is 0.998. The Hall–Kier alpha value is -1.80. The van der Waals surface area contributed by atoms with Crippen molar-refractivity contribution >= 4 is 15.9 Å². The molecule has 0 aliphatic carbocycles. The largest absolute Gasteiger partial charge is 0.493 e. The van der Waals surface area contributed by atoms with E-state index in [1.54, 1.807) is 6.07 Å². The Balaban J connectivity index is 1.65. The van der Waals surface area contributed by atoms with E-state index in [2.05, 4.69) is 0 Å². The molecule has 1 amide bonds. The number of sulfonamides is 1. The molecular formula is C20H30N2O5S. The Morgan fingerprint density at radius 3 is 2.11 bits per heavy atom. The lowest BCUT2D eigenvalue weighted by Crippen LogP contribution is -2.44. The van der Waals surface area contributed by atoms with Gasteiger partial charge in [-0.3, -0.25) is 4.79 Å². The molecule has 1 aromatic rings. The smallest absolute Gasteiger partial charge is 0.243 e. The maximum Gasteiger partial charge on any atom is 0.243 e. The van der Waals surface area contributed by atoms with Gasteiger partial charge in [0, 0.05) is 38.2 Å². The normalized spacial score (nSPS) is 19.9. The van der Waals surface area contributed by atoms with E-state index in [1.807, 2.05) is 4.90 Å². The number of piperidine rings is 1. The zero-order chi connectivity index (χ0) is 20.1. The van der Waals surface area contributed by atoms with E-state index in [1.165, 1.54) is 43.5 Å². The van der Waals surface area contributed by atoms with Gasteiger partial charge < -0.3 is 14.4 Å². The van der Waals surface area contributed by atoms with Gasteiger partial charge in [-0.15, -0.1) is 0 Å². The topological polar surface area (TPSA) is 76.2 Å². The highest BCUT2D eigenvalue weighted by Crippen LogP contribution is 2.32. The molecule has 2 fully saturated rings. The van der Waals surface area contributed by atoms with Crippen LogP contribution in [0.1, 0.15) is 38.5 Å². The van der Waals surface area contributed by atoms with Crippen LogP contribution in [0.4, 0.5) is 0 Å². The number of amides is 1. The van der Waals surface area contributed by atoms with Crippen LogP contribution in [-0.4, -0.2) is 63.9 Å². The zero-order valence-corrected chi connectivity index (χ0v) is 17.5. The molecule has 2 heterocycles. The molecule has 156 valence electrons. The maximum absolute atomic E-state index is 13.0. The average Bonchev–Trinajstić information content (AvgIpc) is 3.02. The standard InChI is InChI=1S/C20H30N2O5S/c1-26-18-8-7-17(15-19(18)27-2)28(24,25)22-13-9-16(10-14-22)20(23)21-11-5-3-4-6-12-21/h7-8,15-16H,3-6,9-14H2,1-2H3. The molecule has 2 aliphatic rings. The molecule has 0 atom stereocenters. The Labute approximate surface area is 167 Å². The fourth-order valence-corrected chi connectivity index (χ4v) is 5.50. The third kappa shape index (κ3) is 4.43. The number of likely N-dealkylation sites (tertiary alicyclic amines) is 1.